The van der Waals surface area contributed by atoms with Crippen LogP contribution in [0.4, 0.5) is 5.69 Å². The van der Waals surface area contributed by atoms with Crippen LogP contribution in [-0.4, -0.2) is 5.91 Å². The lowest BCUT2D eigenvalue weighted by molar-refractivity contribution is -0.124. The molecule has 0 bridgehead atoms. The van der Waals surface area contributed by atoms with Gasteiger partial charge in [-0.2, -0.15) is 0 Å². The van der Waals surface area contributed by atoms with Crippen LogP contribution < -0.4 is 4.90 Å². The third kappa shape index (κ3) is 2.39. The molecule has 2 heteroatoms. The van der Waals surface area contributed by atoms with Crippen LogP contribution in [0.5, 0.6) is 0 Å². The summed E-state index contributed by atoms with van der Waals surface area (Å²) in [5.41, 5.74) is 1.81. The molecule has 2 unspecified atom stereocenters. The number of carbonyl (C=O) groups is 1. The van der Waals surface area contributed by atoms with Crippen LogP contribution in [0.15, 0.2) is 42.6 Å². The van der Waals surface area contributed by atoms with E-state index in [4.69, 9.17) is 0 Å². The van der Waals surface area contributed by atoms with E-state index in [0.717, 1.165) is 11.4 Å². The molecule has 1 aromatic rings. The molecule has 1 heterocycles. The van der Waals surface area contributed by atoms with Gasteiger partial charge in [0, 0.05) is 17.3 Å². The van der Waals surface area contributed by atoms with Gasteiger partial charge in [-0.05, 0) is 23.5 Å². The summed E-state index contributed by atoms with van der Waals surface area (Å²) in [6.07, 6.45) is 0. The third-order valence-corrected chi connectivity index (χ3v) is 4.18. The Bertz CT molecular complexity index is 510. The largest absolute Gasteiger partial charge is 0.285 e. The van der Waals surface area contributed by atoms with Gasteiger partial charge in [0.2, 0.25) is 5.91 Å². The van der Waals surface area contributed by atoms with Gasteiger partial charge in [0.05, 0.1) is 5.92 Å². The first-order chi connectivity index (χ1) is 9.25. The molecule has 1 aliphatic heterocycles. The minimum absolute atomic E-state index is 0.00444. The summed E-state index contributed by atoms with van der Waals surface area (Å²) in [6.45, 7) is 15.0. The van der Waals surface area contributed by atoms with Crippen molar-refractivity contribution in [2.75, 3.05) is 4.90 Å². The molecular weight excluding hydrogens is 246 g/mol. The van der Waals surface area contributed by atoms with Gasteiger partial charge in [-0.15, -0.1) is 0 Å². The first-order valence-electron chi connectivity index (χ1n) is 7.33. The maximum Gasteiger partial charge on any atom is 0.235 e. The maximum atomic E-state index is 12.9. The van der Waals surface area contributed by atoms with Crippen LogP contribution in [0.25, 0.3) is 0 Å². The SMILES string of the molecule is C=C1C(C(C)C)C(C(C)(C)C)C(=O)N1c1ccccc1. The summed E-state index contributed by atoms with van der Waals surface area (Å²) in [6, 6.07) is 9.85. The van der Waals surface area contributed by atoms with Gasteiger partial charge in [0.1, 0.15) is 0 Å². The number of carbonyl (C=O) groups excluding carboxylic acids is 1. The van der Waals surface area contributed by atoms with Gasteiger partial charge in [-0.25, -0.2) is 0 Å². The number of benzene rings is 1. The molecule has 108 valence electrons. The zero-order valence-electron chi connectivity index (χ0n) is 13.2. The van der Waals surface area contributed by atoms with Crippen molar-refractivity contribution in [3.63, 3.8) is 0 Å². The number of anilines is 1. The van der Waals surface area contributed by atoms with Crippen molar-refractivity contribution < 1.29 is 4.79 Å². The summed E-state index contributed by atoms with van der Waals surface area (Å²) in [7, 11) is 0. The normalized spacial score (nSPS) is 23.8. The standard InChI is InChI=1S/C18H25NO/c1-12(2)15-13(3)19(14-10-8-7-9-11-14)17(20)16(15)18(4,5)6/h7-12,15-16H,3H2,1-2,4-6H3. The number of allylic oxidation sites excluding steroid dienone is 1. The number of rotatable bonds is 2. The maximum absolute atomic E-state index is 12.9. The number of para-hydroxylation sites is 1. The highest BCUT2D eigenvalue weighted by molar-refractivity contribution is 6.02. The topological polar surface area (TPSA) is 20.3 Å². The molecule has 1 aliphatic rings. The molecule has 0 aromatic heterocycles. The highest BCUT2D eigenvalue weighted by Crippen LogP contribution is 2.48. The monoisotopic (exact) mass is 271 g/mol. The number of hydrogen-bond donors (Lipinski definition) is 0. The highest BCUT2D eigenvalue weighted by atomic mass is 16.2. The molecule has 2 rings (SSSR count). The lowest BCUT2D eigenvalue weighted by atomic mass is 9.70. The Kier molecular flexibility index (Phi) is 3.77. The van der Waals surface area contributed by atoms with Crippen molar-refractivity contribution in [1.82, 2.24) is 0 Å². The Balaban J connectivity index is 2.48. The Hall–Kier alpha value is -1.57. The minimum atomic E-state index is -0.0571. The van der Waals surface area contributed by atoms with E-state index in [1.807, 2.05) is 35.2 Å². The quantitative estimate of drug-likeness (QED) is 0.776. The van der Waals surface area contributed by atoms with E-state index >= 15 is 0 Å². The second kappa shape index (κ2) is 5.08. The summed E-state index contributed by atoms with van der Waals surface area (Å²) in [5.74, 6) is 0.801. The number of nitrogens with zero attached hydrogens (tertiary/aromatic N) is 1. The Morgan fingerprint density at radius 1 is 1.15 bits per heavy atom. The van der Waals surface area contributed by atoms with Crippen LogP contribution >= 0.6 is 0 Å². The fraction of sp³-hybridized carbons (Fsp3) is 0.500. The first kappa shape index (κ1) is 14.8. The van der Waals surface area contributed by atoms with E-state index in [0.29, 0.717) is 5.92 Å². The molecule has 1 aromatic carbocycles. The summed E-state index contributed by atoms with van der Waals surface area (Å²) in [5, 5.41) is 0. The number of amides is 1. The van der Waals surface area contributed by atoms with Gasteiger partial charge < -0.3 is 0 Å². The van der Waals surface area contributed by atoms with E-state index in [9.17, 15) is 4.79 Å². The van der Waals surface area contributed by atoms with Crippen LogP contribution in [0.2, 0.25) is 0 Å². The second-order valence-corrected chi connectivity index (χ2v) is 7.11. The Labute approximate surface area is 122 Å². The first-order valence-corrected chi connectivity index (χ1v) is 7.33. The fourth-order valence-electron chi connectivity index (χ4n) is 3.32. The lowest BCUT2D eigenvalue weighted by Crippen LogP contribution is -2.34. The second-order valence-electron chi connectivity index (χ2n) is 7.11. The fourth-order valence-corrected chi connectivity index (χ4v) is 3.32. The summed E-state index contributed by atoms with van der Waals surface area (Å²) in [4.78, 5) is 14.8. The molecule has 20 heavy (non-hydrogen) atoms. The molecular formula is C18H25NO. The van der Waals surface area contributed by atoms with Crippen LogP contribution in [0.1, 0.15) is 34.6 Å². The molecule has 0 spiro atoms. The minimum Gasteiger partial charge on any atom is -0.285 e. The smallest absolute Gasteiger partial charge is 0.235 e. The highest BCUT2D eigenvalue weighted by Gasteiger charge is 2.50. The molecule has 0 aliphatic carbocycles. The molecule has 0 radical (unpaired) electrons. The van der Waals surface area contributed by atoms with Crippen LogP contribution in [0.3, 0.4) is 0 Å². The van der Waals surface area contributed by atoms with E-state index in [-0.39, 0.29) is 23.2 Å². The Morgan fingerprint density at radius 2 is 1.70 bits per heavy atom. The van der Waals surface area contributed by atoms with Crippen molar-refractivity contribution in [1.29, 1.82) is 0 Å². The van der Waals surface area contributed by atoms with Gasteiger partial charge in [0.15, 0.2) is 0 Å². The van der Waals surface area contributed by atoms with E-state index in [2.05, 4.69) is 41.2 Å². The van der Waals surface area contributed by atoms with Crippen LogP contribution in [0, 0.1) is 23.2 Å². The van der Waals surface area contributed by atoms with E-state index in [1.165, 1.54) is 0 Å². The summed E-state index contributed by atoms with van der Waals surface area (Å²) < 4.78 is 0. The molecule has 1 amide bonds. The number of hydrogen-bond acceptors (Lipinski definition) is 1. The molecule has 2 atom stereocenters. The van der Waals surface area contributed by atoms with Crippen molar-refractivity contribution >= 4 is 11.6 Å². The average Bonchev–Trinajstić information content (AvgIpc) is 2.61. The molecule has 1 saturated heterocycles. The van der Waals surface area contributed by atoms with Gasteiger partial charge in [-0.1, -0.05) is 59.4 Å². The average molecular weight is 271 g/mol. The van der Waals surface area contributed by atoms with Gasteiger partial charge in [0.25, 0.3) is 0 Å². The van der Waals surface area contributed by atoms with E-state index < -0.39 is 0 Å². The van der Waals surface area contributed by atoms with E-state index in [1.54, 1.807) is 0 Å². The summed E-state index contributed by atoms with van der Waals surface area (Å²) >= 11 is 0. The lowest BCUT2D eigenvalue weighted by Gasteiger charge is -2.31. The Morgan fingerprint density at radius 3 is 2.10 bits per heavy atom. The third-order valence-electron chi connectivity index (χ3n) is 4.18. The predicted molar refractivity (Wildman–Crippen MR) is 84.3 cm³/mol. The molecule has 1 fully saturated rings. The van der Waals surface area contributed by atoms with Crippen molar-refractivity contribution in [2.24, 2.45) is 23.2 Å². The zero-order chi connectivity index (χ0) is 15.1. The van der Waals surface area contributed by atoms with Gasteiger partial charge >= 0.3 is 0 Å². The van der Waals surface area contributed by atoms with Crippen molar-refractivity contribution in [2.45, 2.75) is 34.6 Å². The molecule has 0 saturated carbocycles. The zero-order valence-corrected chi connectivity index (χ0v) is 13.2. The van der Waals surface area contributed by atoms with Crippen LogP contribution in [-0.2, 0) is 4.79 Å². The van der Waals surface area contributed by atoms with Crippen molar-refractivity contribution in [3.8, 4) is 0 Å². The molecule has 2 nitrogen and oxygen atoms in total. The predicted octanol–water partition coefficient (Wildman–Crippen LogP) is 4.48. The van der Waals surface area contributed by atoms with Gasteiger partial charge in [-0.3, -0.25) is 9.69 Å². The van der Waals surface area contributed by atoms with Crippen molar-refractivity contribution in [3.05, 3.63) is 42.6 Å². The molecule has 0 N–H and O–H groups in total.